The molecule has 0 N–H and O–H groups in total. The van der Waals surface area contributed by atoms with Crippen LogP contribution in [0.4, 0.5) is 5.69 Å². The molecule has 0 fully saturated rings. The van der Waals surface area contributed by atoms with Gasteiger partial charge in [0.15, 0.2) is 0 Å². The fourth-order valence-electron chi connectivity index (χ4n) is 0.750. The summed E-state index contributed by atoms with van der Waals surface area (Å²) in [7, 11) is 0. The summed E-state index contributed by atoms with van der Waals surface area (Å²) in [6.07, 6.45) is 0. The Morgan fingerprint density at radius 1 is 1.40 bits per heavy atom. The number of para-hydroxylation sites is 1. The minimum absolute atomic E-state index is 0.726. The van der Waals surface area contributed by atoms with Crippen molar-refractivity contribution in [2.75, 3.05) is 6.54 Å². The average molecular weight is 155 g/mol. The monoisotopic (exact) mass is 154 g/mol. The van der Waals surface area contributed by atoms with Crippen molar-refractivity contribution in [1.82, 2.24) is 5.32 Å². The Balaban J connectivity index is 2.81. The molecule has 0 aliphatic carbocycles. The van der Waals surface area contributed by atoms with Gasteiger partial charge in [0.25, 0.3) is 0 Å². The lowest BCUT2D eigenvalue weighted by atomic mass is 10.3. The zero-order valence-electron chi connectivity index (χ0n) is 5.84. The van der Waals surface area contributed by atoms with Crippen molar-refractivity contribution in [2.45, 2.75) is 6.92 Å². The number of hydrogen-bond donors (Lipinski definition) is 0. The van der Waals surface area contributed by atoms with E-state index in [1.807, 2.05) is 31.2 Å². The second-order valence-electron chi connectivity index (χ2n) is 1.93. The third kappa shape index (κ3) is 1.64. The highest BCUT2D eigenvalue weighted by molar-refractivity contribution is 6.32. The molecule has 0 spiro atoms. The summed E-state index contributed by atoms with van der Waals surface area (Å²) in [6, 6.07) is 7.58. The third-order valence-electron chi connectivity index (χ3n) is 1.18. The van der Waals surface area contributed by atoms with Crippen LogP contribution in [0.3, 0.4) is 0 Å². The average Bonchev–Trinajstić information content (AvgIpc) is 1.94. The maximum Gasteiger partial charge on any atom is 0.0760 e. The van der Waals surface area contributed by atoms with Crippen LogP contribution in [0.1, 0.15) is 6.92 Å². The first-order chi connectivity index (χ1) is 4.84. The van der Waals surface area contributed by atoms with Crippen LogP contribution in [0.5, 0.6) is 0 Å². The Hall–Kier alpha value is -0.690. The van der Waals surface area contributed by atoms with Crippen molar-refractivity contribution in [3.8, 4) is 0 Å². The second kappa shape index (κ2) is 3.47. The van der Waals surface area contributed by atoms with Crippen LogP contribution in [-0.2, 0) is 0 Å². The third-order valence-corrected chi connectivity index (χ3v) is 1.50. The molecule has 1 radical (unpaired) electrons. The van der Waals surface area contributed by atoms with Gasteiger partial charge in [-0.05, 0) is 19.1 Å². The molecule has 0 saturated carbocycles. The summed E-state index contributed by atoms with van der Waals surface area (Å²) in [5, 5.41) is 4.90. The highest BCUT2D eigenvalue weighted by Gasteiger charge is 1.95. The van der Waals surface area contributed by atoms with Gasteiger partial charge in [-0.25, -0.2) is 0 Å². The minimum atomic E-state index is 0.726. The number of halogens is 1. The first kappa shape index (κ1) is 7.42. The van der Waals surface area contributed by atoms with Crippen molar-refractivity contribution < 1.29 is 0 Å². The van der Waals surface area contributed by atoms with Gasteiger partial charge >= 0.3 is 0 Å². The fraction of sp³-hybridized carbons (Fsp3) is 0.250. The van der Waals surface area contributed by atoms with Gasteiger partial charge in [0.2, 0.25) is 0 Å². The van der Waals surface area contributed by atoms with E-state index < -0.39 is 0 Å². The maximum atomic E-state index is 5.81. The van der Waals surface area contributed by atoms with E-state index >= 15 is 0 Å². The zero-order valence-corrected chi connectivity index (χ0v) is 6.60. The molecule has 0 atom stereocenters. The smallest absolute Gasteiger partial charge is 0.0760 e. The van der Waals surface area contributed by atoms with Crippen molar-refractivity contribution in [2.24, 2.45) is 0 Å². The van der Waals surface area contributed by atoms with Gasteiger partial charge in [-0.3, -0.25) is 5.32 Å². The molecule has 0 amide bonds. The van der Waals surface area contributed by atoms with E-state index in [-0.39, 0.29) is 0 Å². The molecule has 0 aliphatic rings. The van der Waals surface area contributed by atoms with Crippen LogP contribution in [0.25, 0.3) is 0 Å². The van der Waals surface area contributed by atoms with Crippen LogP contribution in [0.2, 0.25) is 5.02 Å². The molecule has 10 heavy (non-hydrogen) atoms. The van der Waals surface area contributed by atoms with Crippen molar-refractivity contribution in [1.29, 1.82) is 0 Å². The van der Waals surface area contributed by atoms with E-state index in [9.17, 15) is 0 Å². The lowest BCUT2D eigenvalue weighted by Gasteiger charge is -1.99. The summed E-state index contributed by atoms with van der Waals surface area (Å²) >= 11 is 5.81. The molecule has 0 aromatic heterocycles. The molecule has 2 heteroatoms. The molecule has 1 rings (SSSR count). The first-order valence-corrected chi connectivity index (χ1v) is 3.64. The number of rotatable bonds is 2. The van der Waals surface area contributed by atoms with Gasteiger partial charge in [-0.2, -0.15) is 0 Å². The van der Waals surface area contributed by atoms with Gasteiger partial charge in [-0.15, -0.1) is 0 Å². The largest absolute Gasteiger partial charge is 0.284 e. The predicted molar refractivity (Wildman–Crippen MR) is 43.8 cm³/mol. The van der Waals surface area contributed by atoms with E-state index in [0.717, 1.165) is 17.3 Å². The maximum absolute atomic E-state index is 5.81. The normalized spacial score (nSPS) is 9.40. The lowest BCUT2D eigenvalue weighted by Crippen LogP contribution is -1.94. The van der Waals surface area contributed by atoms with Crippen LogP contribution >= 0.6 is 11.6 Å². The van der Waals surface area contributed by atoms with Crippen LogP contribution in [0, 0.1) is 0 Å². The van der Waals surface area contributed by atoms with Crippen molar-refractivity contribution in [3.63, 3.8) is 0 Å². The minimum Gasteiger partial charge on any atom is -0.284 e. The van der Waals surface area contributed by atoms with E-state index in [1.54, 1.807) is 0 Å². The Kier molecular flexibility index (Phi) is 2.57. The number of nitrogens with zero attached hydrogens (tertiary/aromatic N) is 1. The molecular formula is C8H9ClN. The highest BCUT2D eigenvalue weighted by Crippen LogP contribution is 2.19. The van der Waals surface area contributed by atoms with Crippen LogP contribution in [0.15, 0.2) is 24.3 Å². The quantitative estimate of drug-likeness (QED) is 0.622. The Morgan fingerprint density at radius 3 is 2.70 bits per heavy atom. The molecule has 0 heterocycles. The van der Waals surface area contributed by atoms with Gasteiger partial charge in [0, 0.05) is 6.54 Å². The van der Waals surface area contributed by atoms with Crippen LogP contribution < -0.4 is 5.32 Å². The Morgan fingerprint density at radius 2 is 2.10 bits per heavy atom. The van der Waals surface area contributed by atoms with E-state index in [1.165, 1.54) is 0 Å². The summed E-state index contributed by atoms with van der Waals surface area (Å²) in [4.78, 5) is 0. The van der Waals surface area contributed by atoms with Gasteiger partial charge in [0.1, 0.15) is 0 Å². The lowest BCUT2D eigenvalue weighted by molar-refractivity contribution is 0.913. The summed E-state index contributed by atoms with van der Waals surface area (Å²) in [5.41, 5.74) is 0.881. The van der Waals surface area contributed by atoms with Gasteiger partial charge in [-0.1, -0.05) is 23.7 Å². The highest BCUT2D eigenvalue weighted by atomic mass is 35.5. The molecular weight excluding hydrogens is 146 g/mol. The fourth-order valence-corrected chi connectivity index (χ4v) is 0.946. The number of benzene rings is 1. The summed E-state index contributed by atoms with van der Waals surface area (Å²) in [6.45, 7) is 2.77. The van der Waals surface area contributed by atoms with E-state index in [2.05, 4.69) is 5.32 Å². The second-order valence-corrected chi connectivity index (χ2v) is 2.33. The van der Waals surface area contributed by atoms with Crippen LogP contribution in [-0.4, -0.2) is 6.54 Å². The first-order valence-electron chi connectivity index (χ1n) is 3.26. The summed E-state index contributed by atoms with van der Waals surface area (Å²) < 4.78 is 0. The topological polar surface area (TPSA) is 14.1 Å². The van der Waals surface area contributed by atoms with Gasteiger partial charge < -0.3 is 0 Å². The Labute approximate surface area is 66.0 Å². The number of hydrogen-bond acceptors (Lipinski definition) is 0. The molecule has 0 unspecified atom stereocenters. The van der Waals surface area contributed by atoms with Gasteiger partial charge in [0.05, 0.1) is 10.7 Å². The molecule has 1 aromatic rings. The molecule has 0 bridgehead atoms. The van der Waals surface area contributed by atoms with E-state index in [4.69, 9.17) is 11.6 Å². The summed E-state index contributed by atoms with van der Waals surface area (Å²) in [5.74, 6) is 0. The molecule has 53 valence electrons. The molecule has 0 aliphatic heterocycles. The molecule has 0 saturated heterocycles. The van der Waals surface area contributed by atoms with Crippen molar-refractivity contribution >= 4 is 17.3 Å². The Bertz CT molecular complexity index is 210. The van der Waals surface area contributed by atoms with Crippen molar-refractivity contribution in [3.05, 3.63) is 29.3 Å². The predicted octanol–water partition coefficient (Wildman–Crippen LogP) is 2.60. The standard InChI is InChI=1S/C8H9ClN/c1-2-10-8-6-4-3-5-7(8)9/h3-6H,2H2,1H3. The molecule has 1 nitrogen and oxygen atoms in total. The van der Waals surface area contributed by atoms with E-state index in [0.29, 0.717) is 0 Å². The zero-order chi connectivity index (χ0) is 7.40. The SMILES string of the molecule is CC[N]c1ccccc1Cl. The molecule has 1 aromatic carbocycles.